The van der Waals surface area contributed by atoms with Crippen LogP contribution in [0.3, 0.4) is 0 Å². The first kappa shape index (κ1) is 17.0. The molecule has 0 radical (unpaired) electrons. The SMILES string of the molecule is CC(C)(C)c1ccc(/C=C2\SC(=S)N(Cc3ccco3)C2=O)cc1. The summed E-state index contributed by atoms with van der Waals surface area (Å²) in [6.45, 7) is 6.92. The van der Waals surface area contributed by atoms with E-state index in [1.54, 1.807) is 17.2 Å². The Morgan fingerprint density at radius 2 is 1.92 bits per heavy atom. The predicted octanol–water partition coefficient (Wildman–Crippen LogP) is 4.98. The summed E-state index contributed by atoms with van der Waals surface area (Å²) in [5.41, 5.74) is 2.39. The van der Waals surface area contributed by atoms with Crippen LogP contribution >= 0.6 is 24.0 Å². The number of amides is 1. The maximum atomic E-state index is 12.6. The zero-order valence-electron chi connectivity index (χ0n) is 13.9. The van der Waals surface area contributed by atoms with Gasteiger partial charge in [-0.05, 0) is 34.8 Å². The van der Waals surface area contributed by atoms with Crippen LogP contribution in [-0.2, 0) is 16.8 Å². The Morgan fingerprint density at radius 1 is 1.21 bits per heavy atom. The van der Waals surface area contributed by atoms with Crippen LogP contribution in [0.4, 0.5) is 0 Å². The van der Waals surface area contributed by atoms with Crippen molar-refractivity contribution in [3.63, 3.8) is 0 Å². The standard InChI is InChI=1S/C19H19NO2S2/c1-19(2,3)14-8-6-13(7-9-14)11-16-17(21)20(18(23)24-16)12-15-5-4-10-22-15/h4-11H,12H2,1-3H3/b16-11-. The molecule has 3 rings (SSSR count). The molecule has 5 heteroatoms. The third-order valence-corrected chi connectivity index (χ3v) is 5.22. The van der Waals surface area contributed by atoms with Crippen molar-refractivity contribution >= 4 is 40.3 Å². The number of nitrogens with zero attached hydrogens (tertiary/aromatic N) is 1. The molecular formula is C19H19NO2S2. The summed E-state index contributed by atoms with van der Waals surface area (Å²) in [7, 11) is 0. The molecule has 0 saturated carbocycles. The van der Waals surface area contributed by atoms with Crippen molar-refractivity contribution in [3.05, 3.63) is 64.5 Å². The average molecular weight is 358 g/mol. The zero-order chi connectivity index (χ0) is 17.3. The number of thioether (sulfide) groups is 1. The quantitative estimate of drug-likeness (QED) is 0.573. The van der Waals surface area contributed by atoms with E-state index >= 15 is 0 Å². The van der Waals surface area contributed by atoms with Crippen LogP contribution < -0.4 is 0 Å². The molecule has 0 spiro atoms. The van der Waals surface area contributed by atoms with Crippen LogP contribution in [0.1, 0.15) is 37.7 Å². The van der Waals surface area contributed by atoms with Crippen molar-refractivity contribution in [2.24, 2.45) is 0 Å². The Kier molecular flexibility index (Phi) is 4.65. The summed E-state index contributed by atoms with van der Waals surface area (Å²) in [6, 6.07) is 11.9. The summed E-state index contributed by atoms with van der Waals surface area (Å²) >= 11 is 6.67. The topological polar surface area (TPSA) is 33.5 Å². The molecule has 0 atom stereocenters. The van der Waals surface area contributed by atoms with E-state index in [0.29, 0.717) is 15.8 Å². The second-order valence-corrected chi connectivity index (χ2v) is 8.39. The van der Waals surface area contributed by atoms with Crippen molar-refractivity contribution in [3.8, 4) is 0 Å². The van der Waals surface area contributed by atoms with E-state index in [9.17, 15) is 4.79 Å². The fraction of sp³-hybridized carbons (Fsp3) is 0.263. The fourth-order valence-corrected chi connectivity index (χ4v) is 3.68. The highest BCUT2D eigenvalue weighted by atomic mass is 32.2. The van der Waals surface area contributed by atoms with Gasteiger partial charge in [0.1, 0.15) is 10.1 Å². The van der Waals surface area contributed by atoms with E-state index < -0.39 is 0 Å². The average Bonchev–Trinajstić information content (AvgIpc) is 3.12. The maximum Gasteiger partial charge on any atom is 0.266 e. The molecule has 1 saturated heterocycles. The third-order valence-electron chi connectivity index (χ3n) is 3.84. The van der Waals surface area contributed by atoms with Crippen LogP contribution in [0.25, 0.3) is 6.08 Å². The molecule has 0 bridgehead atoms. The lowest BCUT2D eigenvalue weighted by molar-refractivity contribution is -0.122. The molecule has 1 aliphatic rings. The number of benzene rings is 1. The Hall–Kier alpha value is -1.85. The lowest BCUT2D eigenvalue weighted by Crippen LogP contribution is -2.27. The number of hydrogen-bond donors (Lipinski definition) is 0. The first-order valence-corrected chi connectivity index (χ1v) is 8.95. The van der Waals surface area contributed by atoms with Gasteiger partial charge in [-0.3, -0.25) is 9.69 Å². The molecular weight excluding hydrogens is 338 g/mol. The Labute approximate surface area is 151 Å². The Balaban J connectivity index is 1.78. The summed E-state index contributed by atoms with van der Waals surface area (Å²) in [4.78, 5) is 14.8. The van der Waals surface area contributed by atoms with Gasteiger partial charge in [0.05, 0.1) is 17.7 Å². The normalized spacial score (nSPS) is 17.1. The molecule has 1 fully saturated rings. The van der Waals surface area contributed by atoms with Gasteiger partial charge in [0.25, 0.3) is 5.91 Å². The molecule has 1 aliphatic heterocycles. The highest BCUT2D eigenvalue weighted by molar-refractivity contribution is 8.26. The van der Waals surface area contributed by atoms with Gasteiger partial charge in [0, 0.05) is 0 Å². The number of hydrogen-bond acceptors (Lipinski definition) is 4. The van der Waals surface area contributed by atoms with Gasteiger partial charge in [0.2, 0.25) is 0 Å². The molecule has 2 aromatic rings. The van der Waals surface area contributed by atoms with Crippen LogP contribution in [0.15, 0.2) is 52.0 Å². The monoisotopic (exact) mass is 357 g/mol. The van der Waals surface area contributed by atoms with Gasteiger partial charge in [-0.1, -0.05) is 69.0 Å². The van der Waals surface area contributed by atoms with E-state index in [4.69, 9.17) is 16.6 Å². The van der Waals surface area contributed by atoms with Crippen molar-refractivity contribution in [1.82, 2.24) is 4.90 Å². The van der Waals surface area contributed by atoms with E-state index in [1.807, 2.05) is 24.3 Å². The minimum Gasteiger partial charge on any atom is -0.467 e. The first-order chi connectivity index (χ1) is 11.3. The van der Waals surface area contributed by atoms with Gasteiger partial charge in [-0.2, -0.15) is 0 Å². The number of carbonyl (C=O) groups is 1. The second-order valence-electron chi connectivity index (χ2n) is 6.72. The molecule has 24 heavy (non-hydrogen) atoms. The lowest BCUT2D eigenvalue weighted by Gasteiger charge is -2.18. The maximum absolute atomic E-state index is 12.6. The highest BCUT2D eigenvalue weighted by Crippen LogP contribution is 2.34. The Bertz CT molecular complexity index is 784. The number of furan rings is 1. The van der Waals surface area contributed by atoms with E-state index in [0.717, 1.165) is 11.3 Å². The summed E-state index contributed by atoms with van der Waals surface area (Å²) < 4.78 is 5.87. The fourth-order valence-electron chi connectivity index (χ4n) is 2.43. The molecule has 0 N–H and O–H groups in total. The molecule has 1 amide bonds. The summed E-state index contributed by atoms with van der Waals surface area (Å²) in [6.07, 6.45) is 3.49. The molecule has 0 unspecified atom stereocenters. The lowest BCUT2D eigenvalue weighted by atomic mass is 9.87. The second kappa shape index (κ2) is 6.57. The molecule has 1 aromatic heterocycles. The van der Waals surface area contributed by atoms with E-state index in [2.05, 4.69) is 32.9 Å². The highest BCUT2D eigenvalue weighted by Gasteiger charge is 2.32. The zero-order valence-corrected chi connectivity index (χ0v) is 15.5. The first-order valence-electron chi connectivity index (χ1n) is 7.73. The van der Waals surface area contributed by atoms with Gasteiger partial charge in [-0.25, -0.2) is 0 Å². The number of carbonyl (C=O) groups excluding carboxylic acids is 1. The third kappa shape index (κ3) is 3.62. The number of thiocarbonyl (C=S) groups is 1. The summed E-state index contributed by atoms with van der Waals surface area (Å²) in [5.74, 6) is 0.656. The Morgan fingerprint density at radius 3 is 2.50 bits per heavy atom. The minimum absolute atomic E-state index is 0.0682. The minimum atomic E-state index is -0.0682. The van der Waals surface area contributed by atoms with Crippen LogP contribution in [0.5, 0.6) is 0 Å². The van der Waals surface area contributed by atoms with E-state index in [1.165, 1.54) is 17.3 Å². The molecule has 1 aromatic carbocycles. The van der Waals surface area contributed by atoms with Crippen molar-refractivity contribution in [1.29, 1.82) is 0 Å². The van der Waals surface area contributed by atoms with Gasteiger partial charge >= 0.3 is 0 Å². The predicted molar refractivity (Wildman–Crippen MR) is 103 cm³/mol. The smallest absolute Gasteiger partial charge is 0.266 e. The van der Waals surface area contributed by atoms with Gasteiger partial charge in [0.15, 0.2) is 0 Å². The molecule has 0 aliphatic carbocycles. The number of rotatable bonds is 3. The summed E-state index contributed by atoms with van der Waals surface area (Å²) in [5, 5.41) is 0. The van der Waals surface area contributed by atoms with Crippen LogP contribution in [-0.4, -0.2) is 15.1 Å². The molecule has 2 heterocycles. The molecule has 3 nitrogen and oxygen atoms in total. The van der Waals surface area contributed by atoms with E-state index in [-0.39, 0.29) is 11.3 Å². The molecule has 124 valence electrons. The van der Waals surface area contributed by atoms with Gasteiger partial charge in [-0.15, -0.1) is 0 Å². The largest absolute Gasteiger partial charge is 0.467 e. The van der Waals surface area contributed by atoms with Crippen LogP contribution in [0.2, 0.25) is 0 Å². The van der Waals surface area contributed by atoms with Crippen molar-refractivity contribution < 1.29 is 9.21 Å². The van der Waals surface area contributed by atoms with Gasteiger partial charge < -0.3 is 4.42 Å². The van der Waals surface area contributed by atoms with Crippen molar-refractivity contribution in [2.45, 2.75) is 32.7 Å². The van der Waals surface area contributed by atoms with Crippen LogP contribution in [0, 0.1) is 0 Å². The van der Waals surface area contributed by atoms with Crippen molar-refractivity contribution in [2.75, 3.05) is 0 Å².